The molecule has 2 aromatic carbocycles. The minimum Gasteiger partial charge on any atom is -0.494 e. The van der Waals surface area contributed by atoms with Crippen molar-refractivity contribution < 1.29 is 18.3 Å². The maximum atomic E-state index is 13.8. The van der Waals surface area contributed by atoms with Crippen LogP contribution in [0.1, 0.15) is 34.3 Å². The number of hydrogen-bond donors (Lipinski definition) is 1. The van der Waals surface area contributed by atoms with Gasteiger partial charge in [-0.05, 0) is 55.2 Å². The van der Waals surface area contributed by atoms with Gasteiger partial charge in [0.25, 0.3) is 5.91 Å². The molecule has 1 amide bonds. The summed E-state index contributed by atoms with van der Waals surface area (Å²) >= 11 is 0. The number of rotatable bonds is 5. The summed E-state index contributed by atoms with van der Waals surface area (Å²) in [5, 5.41) is 2.98. The lowest BCUT2D eigenvalue weighted by molar-refractivity contribution is 0.0908. The number of piperidine rings is 1. The lowest BCUT2D eigenvalue weighted by atomic mass is 10.0. The molecule has 1 heterocycles. The Hall–Kier alpha value is -2.47. The Morgan fingerprint density at radius 1 is 1.15 bits per heavy atom. The van der Waals surface area contributed by atoms with Crippen molar-refractivity contribution in [2.75, 3.05) is 20.2 Å². The van der Waals surface area contributed by atoms with Crippen LogP contribution in [0, 0.1) is 18.6 Å². The van der Waals surface area contributed by atoms with E-state index in [9.17, 15) is 13.6 Å². The van der Waals surface area contributed by atoms with Crippen molar-refractivity contribution in [2.45, 2.75) is 32.4 Å². The van der Waals surface area contributed by atoms with Gasteiger partial charge in [0, 0.05) is 31.2 Å². The number of nitrogens with zero attached hydrogens (tertiary/aromatic N) is 1. The highest BCUT2D eigenvalue weighted by Gasteiger charge is 2.21. The lowest BCUT2D eigenvalue weighted by Crippen LogP contribution is -2.44. The molecular weight excluding hydrogens is 350 g/mol. The molecule has 0 unspecified atom stereocenters. The second-order valence-corrected chi connectivity index (χ2v) is 6.96. The molecule has 6 heteroatoms. The molecule has 0 aromatic heterocycles. The number of carbonyl (C=O) groups is 1. The number of amides is 1. The summed E-state index contributed by atoms with van der Waals surface area (Å²) in [5.74, 6) is -0.732. The molecule has 1 aliphatic heterocycles. The number of aryl methyl sites for hydroxylation is 1. The average Bonchev–Trinajstić information content (AvgIpc) is 2.65. The van der Waals surface area contributed by atoms with Gasteiger partial charge in [-0.1, -0.05) is 12.1 Å². The van der Waals surface area contributed by atoms with E-state index < -0.39 is 0 Å². The molecule has 0 saturated carbocycles. The van der Waals surface area contributed by atoms with E-state index in [4.69, 9.17) is 4.74 Å². The van der Waals surface area contributed by atoms with Crippen molar-refractivity contribution >= 4 is 5.91 Å². The van der Waals surface area contributed by atoms with Gasteiger partial charge in [-0.15, -0.1) is 0 Å². The van der Waals surface area contributed by atoms with Crippen molar-refractivity contribution in [1.82, 2.24) is 10.2 Å². The molecule has 2 aromatic rings. The summed E-state index contributed by atoms with van der Waals surface area (Å²) in [7, 11) is 1.45. The Bertz CT molecular complexity index is 818. The maximum absolute atomic E-state index is 13.8. The second-order valence-electron chi connectivity index (χ2n) is 6.96. The van der Waals surface area contributed by atoms with Crippen LogP contribution >= 0.6 is 0 Å². The molecule has 0 radical (unpaired) electrons. The Balaban J connectivity index is 1.50. The first-order valence-corrected chi connectivity index (χ1v) is 9.08. The van der Waals surface area contributed by atoms with Gasteiger partial charge in [0.2, 0.25) is 0 Å². The predicted molar refractivity (Wildman–Crippen MR) is 99.9 cm³/mol. The first-order valence-electron chi connectivity index (χ1n) is 9.08. The molecule has 4 nitrogen and oxygen atoms in total. The Morgan fingerprint density at radius 3 is 2.52 bits per heavy atom. The molecule has 0 aliphatic carbocycles. The monoisotopic (exact) mass is 374 g/mol. The summed E-state index contributed by atoms with van der Waals surface area (Å²) in [6, 6.07) is 9.59. The van der Waals surface area contributed by atoms with E-state index in [1.54, 1.807) is 25.1 Å². The Morgan fingerprint density at radius 2 is 1.89 bits per heavy atom. The van der Waals surface area contributed by atoms with Gasteiger partial charge in [0.05, 0.1) is 7.11 Å². The molecular formula is C21H24F2N2O2. The summed E-state index contributed by atoms with van der Waals surface area (Å²) in [6.45, 7) is 3.94. The van der Waals surface area contributed by atoms with Crippen LogP contribution in [0.2, 0.25) is 0 Å². The highest BCUT2D eigenvalue weighted by molar-refractivity contribution is 5.94. The van der Waals surface area contributed by atoms with Gasteiger partial charge in [-0.25, -0.2) is 8.78 Å². The van der Waals surface area contributed by atoms with Crippen LogP contribution in [0.5, 0.6) is 5.75 Å². The minimum atomic E-state index is -0.371. The fourth-order valence-electron chi connectivity index (χ4n) is 3.30. The summed E-state index contributed by atoms with van der Waals surface area (Å²) < 4.78 is 32.4. The maximum Gasteiger partial charge on any atom is 0.251 e. The van der Waals surface area contributed by atoms with Crippen molar-refractivity contribution in [2.24, 2.45) is 0 Å². The Kier molecular flexibility index (Phi) is 6.06. The topological polar surface area (TPSA) is 41.6 Å². The predicted octanol–water partition coefficient (Wildman–Crippen LogP) is 3.68. The largest absolute Gasteiger partial charge is 0.494 e. The van der Waals surface area contributed by atoms with E-state index in [-0.39, 0.29) is 29.3 Å². The van der Waals surface area contributed by atoms with Crippen LogP contribution in [0.4, 0.5) is 8.78 Å². The van der Waals surface area contributed by atoms with Crippen LogP contribution in [-0.4, -0.2) is 37.0 Å². The third-order valence-electron chi connectivity index (χ3n) is 4.98. The number of benzene rings is 2. The second kappa shape index (κ2) is 8.48. The van der Waals surface area contributed by atoms with Crippen LogP contribution in [-0.2, 0) is 6.54 Å². The van der Waals surface area contributed by atoms with E-state index >= 15 is 0 Å². The quantitative estimate of drug-likeness (QED) is 0.868. The number of carbonyl (C=O) groups excluding carboxylic acids is 1. The fourth-order valence-corrected chi connectivity index (χ4v) is 3.30. The van der Waals surface area contributed by atoms with Crippen molar-refractivity contribution in [3.8, 4) is 5.75 Å². The molecule has 144 valence electrons. The standard InChI is InChI=1S/C21H24F2N2O2/c1-14-3-5-16(12-18(14)22)21(26)24-17-7-9-25(10-8-17)13-15-4-6-20(27-2)19(23)11-15/h3-6,11-12,17H,7-10,13H2,1-2H3,(H,24,26). The number of nitrogens with one attached hydrogen (secondary N) is 1. The number of hydrogen-bond acceptors (Lipinski definition) is 3. The number of halogens is 2. The molecule has 3 rings (SSSR count). The van der Waals surface area contributed by atoms with E-state index in [0.29, 0.717) is 17.7 Å². The molecule has 1 fully saturated rings. The van der Waals surface area contributed by atoms with Gasteiger partial charge in [-0.2, -0.15) is 0 Å². The van der Waals surface area contributed by atoms with Crippen molar-refractivity contribution in [1.29, 1.82) is 0 Å². The SMILES string of the molecule is COc1ccc(CN2CCC(NC(=O)c3ccc(C)c(F)c3)CC2)cc1F. The first-order chi connectivity index (χ1) is 13.0. The van der Waals surface area contributed by atoms with Gasteiger partial charge >= 0.3 is 0 Å². The van der Waals surface area contributed by atoms with Gasteiger partial charge in [0.15, 0.2) is 11.6 Å². The molecule has 0 spiro atoms. The van der Waals surface area contributed by atoms with E-state index in [1.807, 2.05) is 6.07 Å². The van der Waals surface area contributed by atoms with E-state index in [1.165, 1.54) is 19.2 Å². The number of likely N-dealkylation sites (tertiary alicyclic amines) is 1. The highest BCUT2D eigenvalue weighted by Crippen LogP contribution is 2.20. The zero-order valence-corrected chi connectivity index (χ0v) is 15.6. The van der Waals surface area contributed by atoms with Gasteiger partial charge in [0.1, 0.15) is 5.82 Å². The summed E-state index contributed by atoms with van der Waals surface area (Å²) in [6.07, 6.45) is 1.61. The molecule has 1 aliphatic rings. The molecule has 1 N–H and O–H groups in total. The van der Waals surface area contributed by atoms with Crippen molar-refractivity contribution in [3.05, 3.63) is 64.7 Å². The molecule has 0 atom stereocenters. The molecule has 0 bridgehead atoms. The van der Waals surface area contributed by atoms with Crippen LogP contribution in [0.25, 0.3) is 0 Å². The zero-order valence-electron chi connectivity index (χ0n) is 15.6. The summed E-state index contributed by atoms with van der Waals surface area (Å²) in [4.78, 5) is 14.5. The van der Waals surface area contributed by atoms with Crippen LogP contribution in [0.3, 0.4) is 0 Å². The first kappa shape index (κ1) is 19.3. The smallest absolute Gasteiger partial charge is 0.251 e. The number of methoxy groups -OCH3 is 1. The minimum absolute atomic E-state index is 0.0608. The number of ether oxygens (including phenoxy) is 1. The van der Waals surface area contributed by atoms with Gasteiger partial charge in [-0.3, -0.25) is 9.69 Å². The normalized spacial score (nSPS) is 15.6. The lowest BCUT2D eigenvalue weighted by Gasteiger charge is -2.32. The highest BCUT2D eigenvalue weighted by atomic mass is 19.1. The van der Waals surface area contributed by atoms with Gasteiger partial charge < -0.3 is 10.1 Å². The Labute approximate surface area is 158 Å². The summed E-state index contributed by atoms with van der Waals surface area (Å²) in [5.41, 5.74) is 1.76. The van der Waals surface area contributed by atoms with E-state index in [2.05, 4.69) is 10.2 Å². The molecule has 27 heavy (non-hydrogen) atoms. The zero-order chi connectivity index (χ0) is 19.4. The molecule has 1 saturated heterocycles. The van der Waals surface area contributed by atoms with Crippen LogP contribution in [0.15, 0.2) is 36.4 Å². The third-order valence-corrected chi connectivity index (χ3v) is 4.98. The fraction of sp³-hybridized carbons (Fsp3) is 0.381. The van der Waals surface area contributed by atoms with E-state index in [0.717, 1.165) is 31.5 Å². The third kappa shape index (κ3) is 4.83. The average molecular weight is 374 g/mol. The van der Waals surface area contributed by atoms with Crippen molar-refractivity contribution in [3.63, 3.8) is 0 Å². The van der Waals surface area contributed by atoms with Crippen LogP contribution < -0.4 is 10.1 Å².